The number of hydrogen-bond donors (Lipinski definition) is 0. The topological polar surface area (TPSA) is 18.5 Å². The van der Waals surface area contributed by atoms with E-state index in [4.69, 9.17) is 9.47 Å². The maximum atomic E-state index is 14.0. The molecule has 202 valence electrons. The standard InChI is InChI=1S/C20H19F13O2/c1-3-12-8-13(10-14(9-12)11-35-7-6-34-2)4-5-15(21,22)16(23,24)17(25,26)18(27,28)19(29,30)20(31,32)33/h3,8-10H,1,4-7,11H2,2H3. The van der Waals surface area contributed by atoms with Crippen LogP contribution in [0.2, 0.25) is 0 Å². The summed E-state index contributed by atoms with van der Waals surface area (Å²) >= 11 is 0. The van der Waals surface area contributed by atoms with Crippen molar-refractivity contribution in [3.05, 3.63) is 41.5 Å². The van der Waals surface area contributed by atoms with Crippen LogP contribution in [0.5, 0.6) is 0 Å². The summed E-state index contributed by atoms with van der Waals surface area (Å²) in [4.78, 5) is 0. The minimum atomic E-state index is -7.90. The van der Waals surface area contributed by atoms with Crippen molar-refractivity contribution in [1.29, 1.82) is 0 Å². The molecular formula is C20H19F13O2. The van der Waals surface area contributed by atoms with Crippen molar-refractivity contribution in [3.63, 3.8) is 0 Å². The molecule has 0 spiro atoms. The SMILES string of the molecule is C=Cc1cc(CCC(F)(F)C(F)(F)C(F)(F)C(F)(F)C(F)(F)C(F)(F)F)cc(COCCOC)c1. The van der Waals surface area contributed by atoms with Crippen molar-refractivity contribution in [1.82, 2.24) is 0 Å². The summed E-state index contributed by atoms with van der Waals surface area (Å²) in [5, 5.41) is 0. The van der Waals surface area contributed by atoms with Crippen LogP contribution in [0.4, 0.5) is 57.1 Å². The zero-order chi connectivity index (χ0) is 27.5. The average Bonchev–Trinajstić information content (AvgIpc) is 2.73. The molecule has 0 N–H and O–H groups in total. The van der Waals surface area contributed by atoms with Gasteiger partial charge in [-0.3, -0.25) is 0 Å². The van der Waals surface area contributed by atoms with Crippen molar-refractivity contribution in [2.75, 3.05) is 20.3 Å². The van der Waals surface area contributed by atoms with E-state index in [1.807, 2.05) is 0 Å². The highest BCUT2D eigenvalue weighted by molar-refractivity contribution is 5.50. The molecule has 0 aliphatic carbocycles. The van der Waals surface area contributed by atoms with Crippen molar-refractivity contribution in [3.8, 4) is 0 Å². The number of alkyl halides is 13. The van der Waals surface area contributed by atoms with Crippen molar-refractivity contribution < 1.29 is 66.5 Å². The molecule has 0 aromatic heterocycles. The fraction of sp³-hybridized carbons (Fsp3) is 0.600. The molecule has 0 unspecified atom stereocenters. The van der Waals surface area contributed by atoms with Crippen LogP contribution in [0.15, 0.2) is 24.8 Å². The summed E-state index contributed by atoms with van der Waals surface area (Å²) in [5.41, 5.74) is 0.314. The average molecular weight is 538 g/mol. The Morgan fingerprint density at radius 2 is 1.23 bits per heavy atom. The Hall–Kier alpha value is -2.03. The van der Waals surface area contributed by atoms with E-state index in [2.05, 4.69) is 6.58 Å². The van der Waals surface area contributed by atoms with E-state index in [9.17, 15) is 57.1 Å². The second-order valence-electron chi connectivity index (χ2n) is 7.33. The van der Waals surface area contributed by atoms with E-state index in [0.717, 1.165) is 12.1 Å². The largest absolute Gasteiger partial charge is 0.460 e. The van der Waals surface area contributed by atoms with Crippen LogP contribution in [0, 0.1) is 0 Å². The van der Waals surface area contributed by atoms with Gasteiger partial charge in [0.05, 0.1) is 19.8 Å². The van der Waals surface area contributed by atoms with Crippen molar-refractivity contribution in [2.24, 2.45) is 0 Å². The molecule has 1 aromatic carbocycles. The van der Waals surface area contributed by atoms with Crippen LogP contribution in [-0.4, -0.2) is 56.1 Å². The van der Waals surface area contributed by atoms with Crippen molar-refractivity contribution >= 4 is 6.08 Å². The second-order valence-corrected chi connectivity index (χ2v) is 7.33. The molecule has 1 rings (SSSR count). The first-order chi connectivity index (χ1) is 15.7. The lowest BCUT2D eigenvalue weighted by Crippen LogP contribution is -2.70. The Bertz CT molecular complexity index is 863. The van der Waals surface area contributed by atoms with E-state index in [1.165, 1.54) is 19.3 Å². The molecule has 0 fully saturated rings. The maximum absolute atomic E-state index is 14.0. The molecule has 35 heavy (non-hydrogen) atoms. The van der Waals surface area contributed by atoms with Gasteiger partial charge in [-0.05, 0) is 29.2 Å². The van der Waals surface area contributed by atoms with E-state index in [1.54, 1.807) is 0 Å². The summed E-state index contributed by atoms with van der Waals surface area (Å²) in [6, 6.07) is 3.66. The van der Waals surface area contributed by atoms with Gasteiger partial charge in [0.1, 0.15) is 0 Å². The van der Waals surface area contributed by atoms with E-state index < -0.39 is 48.6 Å². The molecule has 0 saturated heterocycles. The highest BCUT2D eigenvalue weighted by atomic mass is 19.4. The summed E-state index contributed by atoms with van der Waals surface area (Å²) < 4.78 is 182. The normalized spacial score (nSPS) is 14.3. The molecule has 0 bridgehead atoms. The minimum absolute atomic E-state index is 0.0975. The highest BCUT2D eigenvalue weighted by Gasteiger charge is 2.90. The van der Waals surface area contributed by atoms with Crippen LogP contribution in [0.25, 0.3) is 6.08 Å². The zero-order valence-electron chi connectivity index (χ0n) is 17.8. The quantitative estimate of drug-likeness (QED) is 0.196. The Morgan fingerprint density at radius 3 is 1.71 bits per heavy atom. The molecule has 2 nitrogen and oxygen atoms in total. The van der Waals surface area contributed by atoms with E-state index in [-0.39, 0.29) is 36.5 Å². The number of benzene rings is 1. The summed E-state index contributed by atoms with van der Waals surface area (Å²) in [5.74, 6) is -36.8. The lowest BCUT2D eigenvalue weighted by Gasteiger charge is -2.39. The predicted molar refractivity (Wildman–Crippen MR) is 97.2 cm³/mol. The van der Waals surface area contributed by atoms with Crippen LogP contribution >= 0.6 is 0 Å². The number of hydrogen-bond acceptors (Lipinski definition) is 2. The van der Waals surface area contributed by atoms with Gasteiger partial charge in [-0.15, -0.1) is 0 Å². The third-order valence-electron chi connectivity index (χ3n) is 4.74. The van der Waals surface area contributed by atoms with Gasteiger partial charge in [0.15, 0.2) is 0 Å². The monoisotopic (exact) mass is 538 g/mol. The van der Waals surface area contributed by atoms with Gasteiger partial charge < -0.3 is 9.47 Å². The fourth-order valence-corrected chi connectivity index (χ4v) is 2.73. The minimum Gasteiger partial charge on any atom is -0.382 e. The number of aryl methyl sites for hydroxylation is 1. The molecule has 0 aliphatic rings. The zero-order valence-corrected chi connectivity index (χ0v) is 17.8. The molecule has 0 radical (unpaired) electrons. The number of methoxy groups -OCH3 is 1. The first-order valence-electron chi connectivity index (χ1n) is 9.47. The Kier molecular flexibility index (Phi) is 9.32. The van der Waals surface area contributed by atoms with Gasteiger partial charge in [-0.2, -0.15) is 57.1 Å². The lowest BCUT2D eigenvalue weighted by atomic mass is 9.90. The smallest absolute Gasteiger partial charge is 0.382 e. The number of halogens is 13. The summed E-state index contributed by atoms with van der Waals surface area (Å²) in [6.45, 7) is 3.54. The van der Waals surface area contributed by atoms with Gasteiger partial charge in [0.25, 0.3) is 0 Å². The molecule has 1 aromatic rings. The highest BCUT2D eigenvalue weighted by Crippen LogP contribution is 2.60. The molecule has 0 saturated carbocycles. The Balaban J connectivity index is 3.20. The van der Waals surface area contributed by atoms with Crippen LogP contribution in [0.3, 0.4) is 0 Å². The Labute approximate surface area is 190 Å². The maximum Gasteiger partial charge on any atom is 0.460 e. The first-order valence-corrected chi connectivity index (χ1v) is 9.47. The number of ether oxygens (including phenoxy) is 2. The van der Waals surface area contributed by atoms with Gasteiger partial charge >= 0.3 is 35.8 Å². The fourth-order valence-electron chi connectivity index (χ4n) is 2.73. The van der Waals surface area contributed by atoms with Crippen LogP contribution in [-0.2, 0) is 22.5 Å². The van der Waals surface area contributed by atoms with Gasteiger partial charge in [0, 0.05) is 13.5 Å². The van der Waals surface area contributed by atoms with Gasteiger partial charge in [-0.25, -0.2) is 0 Å². The lowest BCUT2D eigenvalue weighted by molar-refractivity contribution is -0.440. The van der Waals surface area contributed by atoms with Crippen LogP contribution < -0.4 is 0 Å². The molecule has 0 atom stereocenters. The summed E-state index contributed by atoms with van der Waals surface area (Å²) in [6.07, 6.45) is -9.71. The van der Waals surface area contributed by atoms with Crippen molar-refractivity contribution in [2.45, 2.75) is 55.2 Å². The van der Waals surface area contributed by atoms with E-state index in [0.29, 0.717) is 0 Å². The summed E-state index contributed by atoms with van der Waals surface area (Å²) in [7, 11) is 1.37. The number of rotatable bonds is 13. The molecular weight excluding hydrogens is 519 g/mol. The molecule has 15 heteroatoms. The predicted octanol–water partition coefficient (Wildman–Crippen LogP) is 7.16. The van der Waals surface area contributed by atoms with Gasteiger partial charge in [-0.1, -0.05) is 24.8 Å². The third kappa shape index (κ3) is 6.04. The second kappa shape index (κ2) is 10.5. The Morgan fingerprint density at radius 1 is 0.714 bits per heavy atom. The first kappa shape index (κ1) is 31.0. The molecule has 0 amide bonds. The van der Waals surface area contributed by atoms with Gasteiger partial charge in [0.2, 0.25) is 0 Å². The molecule has 0 heterocycles. The van der Waals surface area contributed by atoms with Crippen LogP contribution in [0.1, 0.15) is 23.1 Å². The molecule has 0 aliphatic heterocycles. The van der Waals surface area contributed by atoms with E-state index >= 15 is 0 Å². The third-order valence-corrected chi connectivity index (χ3v) is 4.74.